The van der Waals surface area contributed by atoms with E-state index in [1.807, 2.05) is 0 Å². The molecule has 114 valence electrons. The highest BCUT2D eigenvalue weighted by Gasteiger charge is 2.42. The van der Waals surface area contributed by atoms with Crippen molar-refractivity contribution in [3.63, 3.8) is 0 Å². The van der Waals surface area contributed by atoms with Gasteiger partial charge in [0, 0.05) is 25.5 Å². The van der Waals surface area contributed by atoms with Crippen LogP contribution in [0.25, 0.3) is 0 Å². The first kappa shape index (κ1) is 15.3. The first-order chi connectivity index (χ1) is 9.49. The molecule has 8 heteroatoms. The number of methoxy groups -OCH3 is 2. The van der Waals surface area contributed by atoms with E-state index in [4.69, 9.17) is 14.2 Å². The number of halogens is 3. The molecule has 20 heavy (non-hydrogen) atoms. The fraction of sp³-hybridized carbons (Fsp3) is 0.750. The maximum absolute atomic E-state index is 13.1. The van der Waals surface area contributed by atoms with Gasteiger partial charge in [-0.25, -0.2) is 4.68 Å². The summed E-state index contributed by atoms with van der Waals surface area (Å²) in [4.78, 5) is 0. The molecule has 0 fully saturated rings. The lowest BCUT2D eigenvalue weighted by Gasteiger charge is -2.24. The Morgan fingerprint density at radius 2 is 2.05 bits per heavy atom. The van der Waals surface area contributed by atoms with E-state index in [1.54, 1.807) is 0 Å². The maximum atomic E-state index is 13.1. The highest BCUT2D eigenvalue weighted by Crippen LogP contribution is 2.41. The Kier molecular flexibility index (Phi) is 4.66. The zero-order valence-electron chi connectivity index (χ0n) is 11.4. The van der Waals surface area contributed by atoms with E-state index in [9.17, 15) is 13.2 Å². The normalized spacial score (nSPS) is 19.1. The number of ether oxygens (including phenoxy) is 3. The van der Waals surface area contributed by atoms with Crippen molar-refractivity contribution in [3.8, 4) is 0 Å². The maximum Gasteiger partial charge on any atom is 0.435 e. The second kappa shape index (κ2) is 6.11. The Morgan fingerprint density at radius 1 is 1.30 bits per heavy atom. The zero-order valence-corrected chi connectivity index (χ0v) is 11.4. The second-order valence-corrected chi connectivity index (χ2v) is 4.58. The number of hydrogen-bond donors (Lipinski definition) is 0. The first-order valence-corrected chi connectivity index (χ1v) is 6.25. The van der Waals surface area contributed by atoms with Crippen molar-refractivity contribution >= 4 is 0 Å². The van der Waals surface area contributed by atoms with Gasteiger partial charge in [0.05, 0.1) is 6.10 Å². The highest BCUT2D eigenvalue weighted by atomic mass is 19.4. The van der Waals surface area contributed by atoms with Crippen molar-refractivity contribution in [1.82, 2.24) is 9.78 Å². The van der Waals surface area contributed by atoms with Crippen LogP contribution in [0.1, 0.15) is 35.9 Å². The van der Waals surface area contributed by atoms with Gasteiger partial charge in [0.1, 0.15) is 13.5 Å². The van der Waals surface area contributed by atoms with Crippen molar-refractivity contribution in [2.75, 3.05) is 21.0 Å². The van der Waals surface area contributed by atoms with Crippen molar-refractivity contribution in [1.29, 1.82) is 0 Å². The molecule has 0 aromatic carbocycles. The smallest absolute Gasteiger partial charge is 0.362 e. The van der Waals surface area contributed by atoms with Crippen molar-refractivity contribution in [2.45, 2.75) is 38.3 Å². The van der Waals surface area contributed by atoms with E-state index >= 15 is 0 Å². The monoisotopic (exact) mass is 294 g/mol. The molecule has 1 aliphatic carbocycles. The Bertz CT molecular complexity index is 460. The lowest BCUT2D eigenvalue weighted by atomic mass is 9.92. The van der Waals surface area contributed by atoms with Crippen LogP contribution in [-0.4, -0.2) is 30.8 Å². The van der Waals surface area contributed by atoms with Gasteiger partial charge in [-0.15, -0.1) is 0 Å². The van der Waals surface area contributed by atoms with E-state index in [1.165, 1.54) is 18.9 Å². The van der Waals surface area contributed by atoms with Gasteiger partial charge in [-0.05, 0) is 19.3 Å². The fourth-order valence-corrected chi connectivity index (χ4v) is 2.47. The molecule has 0 saturated heterocycles. The summed E-state index contributed by atoms with van der Waals surface area (Å²) in [5.41, 5.74) is -0.227. The Balaban J connectivity index is 2.42. The Morgan fingerprint density at radius 3 is 2.65 bits per heavy atom. The van der Waals surface area contributed by atoms with Gasteiger partial charge in [-0.3, -0.25) is 0 Å². The van der Waals surface area contributed by atoms with Crippen LogP contribution >= 0.6 is 0 Å². The Labute approximate surface area is 114 Å². The molecule has 0 N–H and O–H groups in total. The van der Waals surface area contributed by atoms with Gasteiger partial charge < -0.3 is 14.2 Å². The summed E-state index contributed by atoms with van der Waals surface area (Å²) in [6, 6.07) is 0. The molecule has 1 atom stereocenters. The van der Waals surface area contributed by atoms with Gasteiger partial charge in [0.2, 0.25) is 0 Å². The largest absolute Gasteiger partial charge is 0.435 e. The van der Waals surface area contributed by atoms with E-state index in [-0.39, 0.29) is 19.1 Å². The van der Waals surface area contributed by atoms with E-state index in [0.29, 0.717) is 18.5 Å². The van der Waals surface area contributed by atoms with Crippen LogP contribution in [0.2, 0.25) is 0 Å². The van der Waals surface area contributed by atoms with E-state index < -0.39 is 18.0 Å². The molecule has 5 nitrogen and oxygen atoms in total. The van der Waals surface area contributed by atoms with Crippen LogP contribution in [0.4, 0.5) is 13.2 Å². The van der Waals surface area contributed by atoms with Crippen molar-refractivity contribution in [3.05, 3.63) is 17.0 Å². The molecule has 1 aliphatic rings. The molecule has 1 heterocycles. The summed E-state index contributed by atoms with van der Waals surface area (Å²) in [5.74, 6) is 0. The Hall–Kier alpha value is -1.12. The highest BCUT2D eigenvalue weighted by molar-refractivity contribution is 5.33. The summed E-state index contributed by atoms with van der Waals surface area (Å²) < 4.78 is 55.7. The van der Waals surface area contributed by atoms with Crippen LogP contribution in [0.5, 0.6) is 0 Å². The minimum absolute atomic E-state index is 0.00455. The minimum atomic E-state index is -4.50. The molecule has 2 rings (SSSR count). The van der Waals surface area contributed by atoms with Gasteiger partial charge in [0.25, 0.3) is 0 Å². The topological polar surface area (TPSA) is 45.5 Å². The summed E-state index contributed by atoms with van der Waals surface area (Å²) >= 11 is 0. The molecular weight excluding hydrogens is 277 g/mol. The predicted molar refractivity (Wildman–Crippen MR) is 62.9 cm³/mol. The second-order valence-electron chi connectivity index (χ2n) is 4.58. The van der Waals surface area contributed by atoms with Gasteiger partial charge in [-0.1, -0.05) is 0 Å². The van der Waals surface area contributed by atoms with Crippen LogP contribution in [0, 0.1) is 0 Å². The third-order valence-corrected chi connectivity index (χ3v) is 3.21. The van der Waals surface area contributed by atoms with Gasteiger partial charge >= 0.3 is 6.18 Å². The molecule has 0 bridgehead atoms. The number of nitrogens with zero attached hydrogens (tertiary/aromatic N) is 2. The van der Waals surface area contributed by atoms with Gasteiger partial charge in [-0.2, -0.15) is 18.3 Å². The minimum Gasteiger partial charge on any atom is -0.362 e. The third-order valence-electron chi connectivity index (χ3n) is 3.21. The van der Waals surface area contributed by atoms with Crippen molar-refractivity contribution in [2.24, 2.45) is 0 Å². The number of fused-ring (bicyclic) bond motifs is 1. The molecule has 0 radical (unpaired) electrons. The molecular formula is C12H17F3N2O3. The molecule has 1 aromatic heterocycles. The van der Waals surface area contributed by atoms with E-state index in [0.717, 1.165) is 6.42 Å². The van der Waals surface area contributed by atoms with Crippen molar-refractivity contribution < 1.29 is 27.4 Å². The number of aromatic nitrogens is 2. The number of alkyl halides is 3. The van der Waals surface area contributed by atoms with Crippen LogP contribution in [0.3, 0.4) is 0 Å². The summed E-state index contributed by atoms with van der Waals surface area (Å²) in [7, 11) is 2.85. The summed E-state index contributed by atoms with van der Waals surface area (Å²) in [6.45, 7) is -0.0493. The lowest BCUT2D eigenvalue weighted by Crippen LogP contribution is -2.18. The molecule has 0 aliphatic heterocycles. The standard InChI is InChI=1S/C12H17F3N2O3/c1-18-6-17-8-4-3-5-9(20-7-19-2)10(8)11(16-17)12(13,14)15/h9H,3-7H2,1-2H3. The fourth-order valence-electron chi connectivity index (χ4n) is 2.47. The lowest BCUT2D eigenvalue weighted by molar-refractivity contribution is -0.145. The van der Waals surface area contributed by atoms with Gasteiger partial charge in [0.15, 0.2) is 5.69 Å². The molecule has 0 spiro atoms. The summed E-state index contributed by atoms with van der Waals surface area (Å²) in [5, 5.41) is 3.66. The summed E-state index contributed by atoms with van der Waals surface area (Å²) in [6.07, 6.45) is -3.34. The average Bonchev–Trinajstić information content (AvgIpc) is 2.76. The SMILES string of the molecule is COCOC1CCCc2c1c(C(F)(F)F)nn2COC. The molecule has 0 saturated carbocycles. The van der Waals surface area contributed by atoms with Crippen LogP contribution in [-0.2, 0) is 33.5 Å². The van der Waals surface area contributed by atoms with Crippen LogP contribution in [0.15, 0.2) is 0 Å². The number of hydrogen-bond acceptors (Lipinski definition) is 4. The van der Waals surface area contributed by atoms with Crippen LogP contribution < -0.4 is 0 Å². The molecule has 1 aromatic rings. The third kappa shape index (κ3) is 2.97. The predicted octanol–water partition coefficient (Wildman–Crippen LogP) is 2.50. The number of rotatable bonds is 5. The molecule has 0 amide bonds. The molecule has 1 unspecified atom stereocenters. The zero-order chi connectivity index (χ0) is 14.8. The first-order valence-electron chi connectivity index (χ1n) is 6.25. The van der Waals surface area contributed by atoms with E-state index in [2.05, 4.69) is 5.10 Å². The average molecular weight is 294 g/mol. The quantitative estimate of drug-likeness (QED) is 0.783.